The van der Waals surface area contributed by atoms with Crippen LogP contribution in [0.4, 0.5) is 0 Å². The number of phenols is 1. The van der Waals surface area contributed by atoms with Gasteiger partial charge in [0.05, 0.1) is 45.5 Å². The minimum Gasteiger partial charge on any atom is -0.508 e. The van der Waals surface area contributed by atoms with Crippen LogP contribution in [0.25, 0.3) is 11.1 Å². The molecule has 0 spiro atoms. The van der Waals surface area contributed by atoms with E-state index in [1.54, 1.807) is 66.7 Å². The fourth-order valence-electron chi connectivity index (χ4n) is 5.62. The number of benzene rings is 3. The van der Waals surface area contributed by atoms with Crippen molar-refractivity contribution in [3.8, 4) is 40.7 Å². The van der Waals surface area contributed by atoms with Crippen molar-refractivity contribution in [2.24, 2.45) is 0 Å². The van der Waals surface area contributed by atoms with Crippen LogP contribution < -0.4 is 20.1 Å². The molecule has 0 aliphatic carbocycles. The molecule has 0 saturated carbocycles. The maximum absolute atomic E-state index is 13.1. The number of rotatable bonds is 16. The van der Waals surface area contributed by atoms with Gasteiger partial charge in [-0.15, -0.1) is 6.42 Å². The summed E-state index contributed by atoms with van der Waals surface area (Å²) in [7, 11) is 2.51. The van der Waals surface area contributed by atoms with Gasteiger partial charge in [0.25, 0.3) is 5.79 Å². The number of amides is 2. The molecule has 1 aliphatic heterocycles. The fourth-order valence-corrected chi connectivity index (χ4v) is 5.62. The molecule has 15 heteroatoms. The Balaban J connectivity index is 1.47. The van der Waals surface area contributed by atoms with Gasteiger partial charge in [0, 0.05) is 18.5 Å². The number of esters is 1. The number of aliphatic hydroxyl groups excluding tert-OH is 4. The lowest BCUT2D eigenvalue weighted by atomic mass is 9.88. The summed E-state index contributed by atoms with van der Waals surface area (Å²) in [5, 5.41) is 57.3. The number of carbonyl (C=O) groups excluding carboxylic acids is 3. The van der Waals surface area contributed by atoms with Crippen molar-refractivity contribution in [1.82, 2.24) is 10.6 Å². The molecule has 0 unspecified atom stereocenters. The highest BCUT2D eigenvalue weighted by atomic mass is 16.7. The van der Waals surface area contributed by atoms with Crippen molar-refractivity contribution in [3.05, 3.63) is 77.9 Å². The number of nitrogens with one attached hydrogen (secondary N) is 2. The Kier molecular flexibility index (Phi) is 14.0. The van der Waals surface area contributed by atoms with Gasteiger partial charge in [-0.05, 0) is 47.0 Å². The van der Waals surface area contributed by atoms with Crippen molar-refractivity contribution >= 4 is 17.8 Å². The zero-order chi connectivity index (χ0) is 37.8. The number of hydrogen-bond donors (Lipinski definition) is 7. The summed E-state index contributed by atoms with van der Waals surface area (Å²) < 4.78 is 27.6. The van der Waals surface area contributed by atoms with Gasteiger partial charge in [0.15, 0.2) is 0 Å². The summed E-state index contributed by atoms with van der Waals surface area (Å²) in [4.78, 5) is 38.3. The van der Waals surface area contributed by atoms with E-state index in [2.05, 4.69) is 16.6 Å². The quantitative estimate of drug-likeness (QED) is 0.0775. The third-order valence-electron chi connectivity index (χ3n) is 8.34. The number of aliphatic hydroxyl groups is 4. The molecule has 0 bridgehead atoms. The van der Waals surface area contributed by atoms with E-state index in [1.807, 2.05) is 0 Å². The van der Waals surface area contributed by atoms with Gasteiger partial charge in [-0.2, -0.15) is 0 Å². The Morgan fingerprint density at radius 3 is 2.35 bits per heavy atom. The summed E-state index contributed by atoms with van der Waals surface area (Å²) in [5.74, 6) is -1.48. The standard InChI is InChI=1S/C37H42N2O13/c1-4-15-50-27-13-5-22(6-14-27)21-51-37(36(47)49-3)18-28(42)33(39-32(45)20-40)35(52-37)34(46)29(43)19-38-31(44)17-25-8-7-24(16-30(25)48-2)23-9-11-26(41)12-10-23/h1,5-14,16,28-29,33-35,40-43,46H,15,17-21H2,2-3H3,(H,38,44)(H,39,45)/t28-,29+,33+,34+,35+,37+/m0/s1. The molecule has 6 atom stereocenters. The predicted molar refractivity (Wildman–Crippen MR) is 184 cm³/mol. The number of methoxy groups -OCH3 is 2. The number of phenolic OH excluding ortho intramolecular Hbond substituents is 1. The molecule has 15 nitrogen and oxygen atoms in total. The number of terminal acetylenes is 1. The molecule has 1 heterocycles. The van der Waals surface area contributed by atoms with E-state index >= 15 is 0 Å². The Morgan fingerprint density at radius 1 is 1.02 bits per heavy atom. The number of carbonyl (C=O) groups is 3. The summed E-state index contributed by atoms with van der Waals surface area (Å²) in [6, 6.07) is 16.9. The van der Waals surface area contributed by atoms with E-state index in [0.29, 0.717) is 22.6 Å². The molecular weight excluding hydrogens is 680 g/mol. The first-order valence-corrected chi connectivity index (χ1v) is 16.2. The van der Waals surface area contributed by atoms with Crippen LogP contribution in [0.15, 0.2) is 66.7 Å². The van der Waals surface area contributed by atoms with Crippen LogP contribution in [-0.2, 0) is 41.6 Å². The average molecular weight is 723 g/mol. The first-order chi connectivity index (χ1) is 24.9. The van der Waals surface area contributed by atoms with Gasteiger partial charge in [-0.3, -0.25) is 9.59 Å². The molecule has 7 N–H and O–H groups in total. The molecule has 1 aliphatic rings. The fraction of sp³-hybridized carbons (Fsp3) is 0.378. The minimum absolute atomic E-state index is 0.0613. The average Bonchev–Trinajstić information content (AvgIpc) is 3.16. The topological polar surface area (TPSA) is 223 Å². The van der Waals surface area contributed by atoms with Crippen molar-refractivity contribution < 1.29 is 63.6 Å². The molecular formula is C37H42N2O13. The largest absolute Gasteiger partial charge is 0.508 e. The molecule has 3 aromatic carbocycles. The van der Waals surface area contributed by atoms with Gasteiger partial charge in [-0.1, -0.05) is 42.3 Å². The van der Waals surface area contributed by atoms with E-state index in [4.69, 9.17) is 30.1 Å². The first-order valence-electron chi connectivity index (χ1n) is 16.2. The number of ether oxygens (including phenoxy) is 5. The molecule has 278 valence electrons. The van der Waals surface area contributed by atoms with Gasteiger partial charge < -0.3 is 59.9 Å². The van der Waals surface area contributed by atoms with Gasteiger partial charge >= 0.3 is 5.97 Å². The van der Waals surface area contributed by atoms with E-state index < -0.39 is 73.6 Å². The Morgan fingerprint density at radius 2 is 1.71 bits per heavy atom. The third-order valence-corrected chi connectivity index (χ3v) is 8.34. The van der Waals surface area contributed by atoms with E-state index in [1.165, 1.54) is 7.11 Å². The summed E-state index contributed by atoms with van der Waals surface area (Å²) in [6.45, 7) is -1.66. The number of hydrogen-bond acceptors (Lipinski definition) is 13. The molecule has 0 aromatic heterocycles. The highest BCUT2D eigenvalue weighted by Gasteiger charge is 2.56. The van der Waals surface area contributed by atoms with Crippen LogP contribution in [0.5, 0.6) is 17.2 Å². The third kappa shape index (κ3) is 9.98. The van der Waals surface area contributed by atoms with Crippen LogP contribution in [0.1, 0.15) is 17.5 Å². The Bertz CT molecular complexity index is 1710. The van der Waals surface area contributed by atoms with Crippen LogP contribution >= 0.6 is 0 Å². The van der Waals surface area contributed by atoms with E-state index in [0.717, 1.165) is 18.2 Å². The lowest BCUT2D eigenvalue weighted by Crippen LogP contribution is -2.68. The zero-order valence-electron chi connectivity index (χ0n) is 28.6. The second-order valence-corrected chi connectivity index (χ2v) is 11.9. The van der Waals surface area contributed by atoms with Crippen molar-refractivity contribution in [2.45, 2.75) is 55.7 Å². The summed E-state index contributed by atoms with van der Waals surface area (Å²) in [5.41, 5.74) is 2.68. The summed E-state index contributed by atoms with van der Waals surface area (Å²) >= 11 is 0. The molecule has 1 saturated heterocycles. The zero-order valence-corrected chi connectivity index (χ0v) is 28.6. The predicted octanol–water partition coefficient (Wildman–Crippen LogP) is 0.173. The van der Waals surface area contributed by atoms with Crippen LogP contribution in [0.3, 0.4) is 0 Å². The molecule has 4 rings (SSSR count). The normalized spacial score (nSPS) is 20.8. The van der Waals surface area contributed by atoms with Crippen molar-refractivity contribution in [3.63, 3.8) is 0 Å². The highest BCUT2D eigenvalue weighted by Crippen LogP contribution is 2.35. The minimum atomic E-state index is -2.31. The van der Waals surface area contributed by atoms with Crippen LogP contribution in [0, 0.1) is 12.3 Å². The van der Waals surface area contributed by atoms with E-state index in [9.17, 15) is 39.9 Å². The smallest absolute Gasteiger partial charge is 0.366 e. The van der Waals surface area contributed by atoms with E-state index in [-0.39, 0.29) is 25.4 Å². The maximum Gasteiger partial charge on any atom is 0.366 e. The van der Waals surface area contributed by atoms with Crippen molar-refractivity contribution in [1.29, 1.82) is 0 Å². The maximum atomic E-state index is 13.1. The van der Waals surface area contributed by atoms with Gasteiger partial charge in [0.1, 0.15) is 42.7 Å². The number of aromatic hydroxyl groups is 1. The van der Waals surface area contributed by atoms with Gasteiger partial charge in [0.2, 0.25) is 11.8 Å². The molecule has 52 heavy (non-hydrogen) atoms. The van der Waals surface area contributed by atoms with Crippen LogP contribution in [-0.4, -0.2) is 114 Å². The van der Waals surface area contributed by atoms with Crippen LogP contribution in [0.2, 0.25) is 0 Å². The lowest BCUT2D eigenvalue weighted by Gasteiger charge is -2.47. The van der Waals surface area contributed by atoms with Crippen molar-refractivity contribution in [2.75, 3.05) is 34.0 Å². The molecule has 2 amide bonds. The molecule has 3 aromatic rings. The summed E-state index contributed by atoms with van der Waals surface area (Å²) in [6.07, 6.45) is -2.51. The second kappa shape index (κ2) is 18.3. The molecule has 1 fully saturated rings. The highest BCUT2D eigenvalue weighted by molar-refractivity contribution is 5.80. The Labute approximate surface area is 300 Å². The Hall–Kier alpha value is -5.21. The van der Waals surface area contributed by atoms with Gasteiger partial charge in [-0.25, -0.2) is 4.79 Å². The monoisotopic (exact) mass is 722 g/mol. The molecule has 0 radical (unpaired) electrons. The SMILES string of the molecule is C#CCOc1ccc(CO[C@]2(C(=O)OC)C[C@H](O)[C@@H](NC(=O)CO)[C@H]([C@H](O)[C@H](O)CNC(=O)Cc3ccc(-c4ccc(O)cc4)cc3OC)O2)cc1. The first kappa shape index (κ1) is 39.6. The lowest BCUT2D eigenvalue weighted by molar-refractivity contribution is -0.315. The second-order valence-electron chi connectivity index (χ2n) is 11.9.